The quantitative estimate of drug-likeness (QED) is 0.753. The van der Waals surface area contributed by atoms with E-state index < -0.39 is 11.9 Å². The van der Waals surface area contributed by atoms with Crippen LogP contribution in [-0.2, 0) is 21.4 Å². The standard InChI is InChI=1S/C13H12N2.C4H4O4/c1-2-4-10-9(3-1)5-13(6-11(10)13)12-7-14-8-15-12;5-3(6)1-2-4(7)8/h1-4,7-8,11H,5-6H2,(H,14,15);1-2H,(H,5,6)(H,7,8)/b;2-1+/t11-,13+;/m0./s1. The van der Waals surface area contributed by atoms with Crippen molar-refractivity contribution in [3.63, 3.8) is 0 Å². The van der Waals surface area contributed by atoms with Gasteiger partial charge in [-0.15, -0.1) is 0 Å². The number of rotatable bonds is 3. The molecule has 3 N–H and O–H groups in total. The number of H-pyrrole nitrogens is 1. The molecule has 0 amide bonds. The summed E-state index contributed by atoms with van der Waals surface area (Å²) in [7, 11) is 0. The Kier molecular flexibility index (Phi) is 3.73. The fourth-order valence-electron chi connectivity index (χ4n) is 3.35. The molecule has 1 aromatic carbocycles. The van der Waals surface area contributed by atoms with Crippen LogP contribution in [0.25, 0.3) is 0 Å². The van der Waals surface area contributed by atoms with Gasteiger partial charge in [0.05, 0.1) is 6.33 Å². The summed E-state index contributed by atoms with van der Waals surface area (Å²) in [5.74, 6) is -1.77. The third-order valence-electron chi connectivity index (χ3n) is 4.41. The summed E-state index contributed by atoms with van der Waals surface area (Å²) in [4.78, 5) is 26.5. The van der Waals surface area contributed by atoms with Gasteiger partial charge in [-0.3, -0.25) is 0 Å². The Hall–Kier alpha value is -2.89. The molecule has 1 heterocycles. The molecule has 0 bridgehead atoms. The van der Waals surface area contributed by atoms with Crippen LogP contribution in [0, 0.1) is 0 Å². The minimum atomic E-state index is -1.26. The first-order chi connectivity index (χ1) is 11.0. The summed E-state index contributed by atoms with van der Waals surface area (Å²) in [6.45, 7) is 0. The lowest BCUT2D eigenvalue weighted by atomic mass is 9.98. The molecule has 2 atom stereocenters. The van der Waals surface area contributed by atoms with Crippen molar-refractivity contribution in [2.45, 2.75) is 24.2 Å². The Bertz CT molecular complexity index is 751. The molecule has 1 aromatic heterocycles. The van der Waals surface area contributed by atoms with Crippen LogP contribution in [0.15, 0.2) is 48.9 Å². The summed E-state index contributed by atoms with van der Waals surface area (Å²) < 4.78 is 0. The number of carboxylic acid groups (broad SMARTS) is 2. The first kappa shape index (κ1) is 15.0. The second kappa shape index (κ2) is 5.72. The van der Waals surface area contributed by atoms with Crippen LogP contribution in [-0.4, -0.2) is 32.1 Å². The Balaban J connectivity index is 0.000000170. The molecular weight excluding hydrogens is 296 g/mol. The maximum atomic E-state index is 9.55. The number of carboxylic acids is 2. The first-order valence-corrected chi connectivity index (χ1v) is 7.23. The van der Waals surface area contributed by atoms with Gasteiger partial charge in [0.15, 0.2) is 0 Å². The molecule has 6 heteroatoms. The number of aliphatic carboxylic acids is 2. The monoisotopic (exact) mass is 312 g/mol. The molecule has 118 valence electrons. The molecule has 0 radical (unpaired) electrons. The van der Waals surface area contributed by atoms with E-state index >= 15 is 0 Å². The molecular formula is C17H16N2O4. The van der Waals surface area contributed by atoms with E-state index in [0.717, 1.165) is 5.92 Å². The number of hydrogen-bond donors (Lipinski definition) is 3. The number of hydrogen-bond acceptors (Lipinski definition) is 3. The third kappa shape index (κ3) is 2.88. The topological polar surface area (TPSA) is 103 Å². The smallest absolute Gasteiger partial charge is 0.328 e. The van der Waals surface area contributed by atoms with E-state index in [4.69, 9.17) is 10.2 Å². The highest BCUT2D eigenvalue weighted by atomic mass is 16.4. The van der Waals surface area contributed by atoms with Gasteiger partial charge in [-0.25, -0.2) is 14.6 Å². The second-order valence-corrected chi connectivity index (χ2v) is 5.76. The molecule has 0 unspecified atom stereocenters. The van der Waals surface area contributed by atoms with Crippen molar-refractivity contribution in [3.05, 3.63) is 65.8 Å². The zero-order valence-electron chi connectivity index (χ0n) is 12.3. The summed E-state index contributed by atoms with van der Waals surface area (Å²) in [6.07, 6.45) is 7.39. The van der Waals surface area contributed by atoms with Crippen molar-refractivity contribution in [1.29, 1.82) is 0 Å². The molecule has 6 nitrogen and oxygen atoms in total. The molecule has 2 aliphatic carbocycles. The maximum Gasteiger partial charge on any atom is 0.328 e. The van der Waals surface area contributed by atoms with Gasteiger partial charge < -0.3 is 15.2 Å². The maximum absolute atomic E-state index is 9.55. The van der Waals surface area contributed by atoms with E-state index in [1.165, 1.54) is 24.1 Å². The van der Waals surface area contributed by atoms with E-state index in [1.807, 2.05) is 6.20 Å². The van der Waals surface area contributed by atoms with Gasteiger partial charge in [0, 0.05) is 29.5 Å². The van der Waals surface area contributed by atoms with Crippen molar-refractivity contribution in [1.82, 2.24) is 9.97 Å². The van der Waals surface area contributed by atoms with Crippen LogP contribution in [0.3, 0.4) is 0 Å². The lowest BCUT2D eigenvalue weighted by molar-refractivity contribution is -0.134. The van der Waals surface area contributed by atoms with Crippen molar-refractivity contribution in [2.24, 2.45) is 0 Å². The van der Waals surface area contributed by atoms with Gasteiger partial charge in [0.2, 0.25) is 0 Å². The normalized spacial score (nSPS) is 23.6. The SMILES string of the molecule is O=C(O)/C=C/C(=O)O.c1ccc2c(c1)C[C@@]1(c3cnc[nH]3)C[C@@H]21. The Morgan fingerprint density at radius 1 is 1.22 bits per heavy atom. The number of nitrogens with one attached hydrogen (secondary N) is 1. The molecule has 0 spiro atoms. The third-order valence-corrected chi connectivity index (χ3v) is 4.41. The van der Waals surface area contributed by atoms with E-state index in [-0.39, 0.29) is 0 Å². The van der Waals surface area contributed by atoms with Crippen molar-refractivity contribution in [3.8, 4) is 0 Å². The number of aromatic nitrogens is 2. The number of aromatic amines is 1. The van der Waals surface area contributed by atoms with E-state index in [9.17, 15) is 9.59 Å². The predicted octanol–water partition coefficient (Wildman–Crippen LogP) is 2.10. The number of imidazole rings is 1. The fourth-order valence-corrected chi connectivity index (χ4v) is 3.35. The first-order valence-electron chi connectivity index (χ1n) is 7.23. The molecule has 1 fully saturated rings. The second-order valence-electron chi connectivity index (χ2n) is 5.76. The number of nitrogens with zero attached hydrogens (tertiary/aromatic N) is 1. The highest BCUT2D eigenvalue weighted by molar-refractivity contribution is 5.89. The summed E-state index contributed by atoms with van der Waals surface area (Å²) >= 11 is 0. The molecule has 0 saturated heterocycles. The van der Waals surface area contributed by atoms with E-state index in [2.05, 4.69) is 34.2 Å². The molecule has 2 aromatic rings. The van der Waals surface area contributed by atoms with Gasteiger partial charge in [-0.05, 0) is 29.9 Å². The van der Waals surface area contributed by atoms with E-state index in [1.54, 1.807) is 11.9 Å². The lowest BCUT2D eigenvalue weighted by Gasteiger charge is -2.08. The van der Waals surface area contributed by atoms with Gasteiger partial charge in [-0.2, -0.15) is 0 Å². The largest absolute Gasteiger partial charge is 0.478 e. The average molecular weight is 312 g/mol. The van der Waals surface area contributed by atoms with Gasteiger partial charge >= 0.3 is 11.9 Å². The van der Waals surface area contributed by atoms with Crippen LogP contribution >= 0.6 is 0 Å². The lowest BCUT2D eigenvalue weighted by Crippen LogP contribution is -2.08. The van der Waals surface area contributed by atoms with Gasteiger partial charge in [0.25, 0.3) is 0 Å². The Morgan fingerprint density at radius 3 is 2.48 bits per heavy atom. The van der Waals surface area contributed by atoms with Crippen LogP contribution in [0.4, 0.5) is 0 Å². The summed E-state index contributed by atoms with van der Waals surface area (Å²) in [5.41, 5.74) is 4.79. The summed E-state index contributed by atoms with van der Waals surface area (Å²) in [6, 6.07) is 8.84. The van der Waals surface area contributed by atoms with Crippen LogP contribution < -0.4 is 0 Å². The van der Waals surface area contributed by atoms with Gasteiger partial charge in [-0.1, -0.05) is 24.3 Å². The minimum Gasteiger partial charge on any atom is -0.478 e. The number of fused-ring (bicyclic) bond motifs is 3. The highest BCUT2D eigenvalue weighted by Crippen LogP contribution is 2.66. The Labute approximate surface area is 132 Å². The molecule has 4 rings (SSSR count). The van der Waals surface area contributed by atoms with Gasteiger partial charge in [0.1, 0.15) is 0 Å². The fraction of sp³-hybridized carbons (Fsp3) is 0.235. The van der Waals surface area contributed by atoms with Crippen molar-refractivity contribution < 1.29 is 19.8 Å². The van der Waals surface area contributed by atoms with E-state index in [0.29, 0.717) is 17.6 Å². The average Bonchev–Trinajstić information content (AvgIpc) is 2.92. The van der Waals surface area contributed by atoms with Crippen LogP contribution in [0.1, 0.15) is 29.2 Å². The summed E-state index contributed by atoms with van der Waals surface area (Å²) in [5, 5.41) is 15.6. The Morgan fingerprint density at radius 2 is 1.91 bits per heavy atom. The van der Waals surface area contributed by atoms with Crippen molar-refractivity contribution >= 4 is 11.9 Å². The number of carbonyl (C=O) groups is 2. The highest BCUT2D eigenvalue weighted by Gasteiger charge is 2.61. The molecule has 1 saturated carbocycles. The molecule has 2 aliphatic rings. The molecule has 0 aliphatic heterocycles. The minimum absolute atomic E-state index is 0.375. The van der Waals surface area contributed by atoms with Crippen LogP contribution in [0.5, 0.6) is 0 Å². The van der Waals surface area contributed by atoms with Crippen molar-refractivity contribution in [2.75, 3.05) is 0 Å². The zero-order valence-corrected chi connectivity index (χ0v) is 12.3. The zero-order chi connectivity index (χ0) is 16.4. The molecule has 23 heavy (non-hydrogen) atoms. The number of benzene rings is 1. The predicted molar refractivity (Wildman–Crippen MR) is 82.2 cm³/mol. The van der Waals surface area contributed by atoms with Crippen LogP contribution in [0.2, 0.25) is 0 Å².